The SMILES string of the molecule is [C-]#[N+]c1c(-c2ccccc2)nc2c(ccc3c(-c4ccccc4)cc(-c4ccccc4)nc32)c1-c1csc(-c2nc(-c3ccccc3)nc3c2ccc2c(-c4ccccc4)cc(-c4ccccc4)nc23)c1. The van der Waals surface area contributed by atoms with Gasteiger partial charge >= 0.3 is 0 Å². The number of fused-ring (bicyclic) bond motifs is 6. The van der Waals surface area contributed by atoms with Crippen LogP contribution in [0.2, 0.25) is 0 Å². The molecule has 6 nitrogen and oxygen atoms in total. The van der Waals surface area contributed by atoms with Gasteiger partial charge in [-0.3, -0.25) is 4.98 Å². The van der Waals surface area contributed by atoms with Gasteiger partial charge < -0.3 is 0 Å². The van der Waals surface area contributed by atoms with Crippen LogP contribution in [0.4, 0.5) is 5.69 Å². The van der Waals surface area contributed by atoms with Crippen molar-refractivity contribution in [2.75, 3.05) is 0 Å². The highest BCUT2D eigenvalue weighted by molar-refractivity contribution is 7.14. The summed E-state index contributed by atoms with van der Waals surface area (Å²) in [6, 6.07) is 76.8. The number of thiophene rings is 1. The predicted octanol–water partition coefficient (Wildman–Crippen LogP) is 17.2. The molecule has 0 aliphatic carbocycles. The van der Waals surface area contributed by atoms with Crippen molar-refractivity contribution in [3.8, 4) is 89.1 Å². The molecule has 0 N–H and O–H groups in total. The molecule has 5 heterocycles. The lowest BCUT2D eigenvalue weighted by Crippen LogP contribution is -1.98. The van der Waals surface area contributed by atoms with Crippen molar-refractivity contribution in [3.05, 3.63) is 241 Å². The van der Waals surface area contributed by atoms with E-state index in [1.807, 2.05) is 97.1 Å². The quantitative estimate of drug-likeness (QED) is 0.112. The molecule has 8 aromatic carbocycles. The summed E-state index contributed by atoms with van der Waals surface area (Å²) in [4.78, 5) is 32.3. The van der Waals surface area contributed by atoms with E-state index in [2.05, 4.69) is 138 Å². The number of pyridine rings is 3. The van der Waals surface area contributed by atoms with E-state index in [0.717, 1.165) is 121 Å². The first-order chi connectivity index (χ1) is 35.2. The summed E-state index contributed by atoms with van der Waals surface area (Å²) < 4.78 is 0. The molecular weight excluding hydrogens is 885 g/mol. The fourth-order valence-corrected chi connectivity index (χ4v) is 10.7. The second-order valence-electron chi connectivity index (χ2n) is 17.4. The molecule has 7 heteroatoms. The van der Waals surface area contributed by atoms with Crippen LogP contribution in [0.5, 0.6) is 0 Å². The monoisotopic (exact) mass is 922 g/mol. The third kappa shape index (κ3) is 7.39. The highest BCUT2D eigenvalue weighted by Crippen LogP contribution is 2.48. The van der Waals surface area contributed by atoms with Crippen molar-refractivity contribution in [2.45, 2.75) is 0 Å². The molecule has 0 fully saturated rings. The maximum absolute atomic E-state index is 8.84. The summed E-state index contributed by atoms with van der Waals surface area (Å²) in [6.07, 6.45) is 0. The standard InChI is InChI=1S/C64H38N6S/c1-65-63-56(49-34-32-47-51(40-20-8-2-9-21-40)37-53(42-24-12-4-13-25-42)66-59(47)61(49)68-57(63)44-28-16-6-17-29-44)46-36-55(71-39-46)58-50-35-33-48-52(41-22-10-3-11-23-41)38-54(43-26-14-5-15-27-43)67-60(48)62(50)70-64(69-58)45-30-18-7-19-31-45/h2-39H. The summed E-state index contributed by atoms with van der Waals surface area (Å²) in [6.45, 7) is 8.84. The summed E-state index contributed by atoms with van der Waals surface area (Å²) in [5.74, 6) is 0.604. The Labute approximate surface area is 413 Å². The number of hydrogen-bond donors (Lipinski definition) is 0. The van der Waals surface area contributed by atoms with Crippen LogP contribution in [0.1, 0.15) is 0 Å². The van der Waals surface area contributed by atoms with E-state index in [4.69, 9.17) is 31.5 Å². The third-order valence-electron chi connectivity index (χ3n) is 13.2. The molecule has 0 radical (unpaired) electrons. The van der Waals surface area contributed by atoms with Gasteiger partial charge in [0.15, 0.2) is 5.82 Å². The molecule has 0 saturated carbocycles. The lowest BCUT2D eigenvalue weighted by molar-refractivity contribution is 1.23. The first-order valence-corrected chi connectivity index (χ1v) is 24.3. The van der Waals surface area contributed by atoms with Crippen LogP contribution >= 0.6 is 11.3 Å². The van der Waals surface area contributed by atoms with E-state index < -0.39 is 0 Å². The van der Waals surface area contributed by atoms with Gasteiger partial charge in [0.2, 0.25) is 5.69 Å². The van der Waals surface area contributed by atoms with Crippen molar-refractivity contribution in [1.82, 2.24) is 24.9 Å². The van der Waals surface area contributed by atoms with Gasteiger partial charge in [0.05, 0.1) is 50.8 Å². The highest BCUT2D eigenvalue weighted by atomic mass is 32.1. The Hall–Kier alpha value is -9.48. The highest BCUT2D eigenvalue weighted by Gasteiger charge is 2.25. The fourth-order valence-electron chi connectivity index (χ4n) is 9.80. The zero-order valence-corrected chi connectivity index (χ0v) is 38.8. The van der Waals surface area contributed by atoms with Crippen LogP contribution < -0.4 is 0 Å². The Kier molecular flexibility index (Phi) is 10.3. The first kappa shape index (κ1) is 41.7. The zero-order chi connectivity index (χ0) is 47.3. The molecule has 71 heavy (non-hydrogen) atoms. The van der Waals surface area contributed by atoms with Crippen LogP contribution in [-0.4, -0.2) is 24.9 Å². The van der Waals surface area contributed by atoms with Crippen LogP contribution in [0.3, 0.4) is 0 Å². The second-order valence-corrected chi connectivity index (χ2v) is 18.3. The van der Waals surface area contributed by atoms with Crippen molar-refractivity contribution >= 4 is 60.6 Å². The summed E-state index contributed by atoms with van der Waals surface area (Å²) >= 11 is 1.60. The van der Waals surface area contributed by atoms with Gasteiger partial charge in [-0.05, 0) is 68.4 Å². The minimum absolute atomic E-state index is 0.476. The zero-order valence-electron chi connectivity index (χ0n) is 38.0. The van der Waals surface area contributed by atoms with Gasteiger partial charge in [-0.1, -0.05) is 200 Å². The van der Waals surface area contributed by atoms with Crippen molar-refractivity contribution in [3.63, 3.8) is 0 Å². The van der Waals surface area contributed by atoms with E-state index in [0.29, 0.717) is 17.2 Å². The van der Waals surface area contributed by atoms with Crippen molar-refractivity contribution in [2.24, 2.45) is 0 Å². The first-order valence-electron chi connectivity index (χ1n) is 23.4. The molecule has 0 unspecified atom stereocenters. The Balaban J connectivity index is 1.08. The molecule has 13 rings (SSSR count). The largest absolute Gasteiger partial charge is 0.257 e. The van der Waals surface area contributed by atoms with Crippen molar-refractivity contribution in [1.29, 1.82) is 0 Å². The molecule has 330 valence electrons. The molecule has 0 aliphatic heterocycles. The number of nitrogens with zero attached hydrogens (tertiary/aromatic N) is 6. The molecule has 5 aromatic heterocycles. The van der Waals surface area contributed by atoms with Crippen LogP contribution in [0.25, 0.3) is 138 Å². The van der Waals surface area contributed by atoms with Crippen LogP contribution in [-0.2, 0) is 0 Å². The molecule has 13 aromatic rings. The van der Waals surface area contributed by atoms with Crippen molar-refractivity contribution < 1.29 is 0 Å². The normalized spacial score (nSPS) is 11.4. The Morgan fingerprint density at radius 3 is 1.27 bits per heavy atom. The molecule has 0 aliphatic rings. The topological polar surface area (TPSA) is 68.8 Å². The average Bonchev–Trinajstić information content (AvgIpc) is 3.95. The molecular formula is C64H38N6S. The Morgan fingerprint density at radius 1 is 0.338 bits per heavy atom. The number of rotatable bonds is 8. The van der Waals surface area contributed by atoms with E-state index in [-0.39, 0.29) is 0 Å². The lowest BCUT2D eigenvalue weighted by Gasteiger charge is -2.16. The van der Waals surface area contributed by atoms with Gasteiger partial charge in [-0.2, -0.15) is 0 Å². The predicted molar refractivity (Wildman–Crippen MR) is 293 cm³/mol. The Morgan fingerprint density at radius 2 is 0.761 bits per heavy atom. The third-order valence-corrected chi connectivity index (χ3v) is 14.1. The van der Waals surface area contributed by atoms with E-state index in [1.54, 1.807) is 11.3 Å². The van der Waals surface area contributed by atoms with Crippen LogP contribution in [0.15, 0.2) is 230 Å². The summed E-state index contributed by atoms with van der Waals surface area (Å²) in [5.41, 5.74) is 16.5. The number of hydrogen-bond acceptors (Lipinski definition) is 6. The summed E-state index contributed by atoms with van der Waals surface area (Å²) in [5, 5.41) is 5.87. The number of aromatic nitrogens is 5. The molecule has 0 atom stereocenters. The Bertz CT molecular complexity index is 4200. The van der Waals surface area contributed by atoms with Gasteiger partial charge in [0.1, 0.15) is 5.52 Å². The summed E-state index contributed by atoms with van der Waals surface area (Å²) in [7, 11) is 0. The smallest absolute Gasteiger partial charge is 0.221 e. The van der Waals surface area contributed by atoms with E-state index in [1.165, 1.54) is 0 Å². The van der Waals surface area contributed by atoms with Crippen LogP contribution in [0, 0.1) is 6.57 Å². The number of benzene rings is 8. The minimum Gasteiger partial charge on any atom is -0.257 e. The molecule has 0 bridgehead atoms. The van der Waals surface area contributed by atoms with Gasteiger partial charge in [-0.25, -0.2) is 24.8 Å². The second kappa shape index (κ2) is 17.6. The molecule has 0 saturated heterocycles. The van der Waals surface area contributed by atoms with E-state index in [9.17, 15) is 0 Å². The fraction of sp³-hybridized carbons (Fsp3) is 0. The minimum atomic E-state index is 0.476. The van der Waals surface area contributed by atoms with Gasteiger partial charge in [0.25, 0.3) is 0 Å². The lowest BCUT2D eigenvalue weighted by atomic mass is 9.93. The maximum Gasteiger partial charge on any atom is 0.221 e. The molecule has 0 spiro atoms. The average molecular weight is 923 g/mol. The maximum atomic E-state index is 8.84. The van der Waals surface area contributed by atoms with Gasteiger partial charge in [-0.15, -0.1) is 11.3 Å². The molecule has 0 amide bonds. The van der Waals surface area contributed by atoms with E-state index >= 15 is 0 Å². The van der Waals surface area contributed by atoms with Gasteiger partial charge in [0, 0.05) is 38.4 Å².